The van der Waals surface area contributed by atoms with Crippen molar-refractivity contribution in [1.82, 2.24) is 21.2 Å². The number of hydrogen-bond acceptors (Lipinski definition) is 5. The van der Waals surface area contributed by atoms with E-state index in [9.17, 15) is 18.8 Å². The zero-order valence-electron chi connectivity index (χ0n) is 14.2. The predicted molar refractivity (Wildman–Crippen MR) is 94.4 cm³/mol. The number of benzene rings is 1. The molecule has 142 valence electrons. The van der Waals surface area contributed by atoms with Gasteiger partial charge in [-0.2, -0.15) is 0 Å². The van der Waals surface area contributed by atoms with Gasteiger partial charge in [0.2, 0.25) is 0 Å². The lowest BCUT2D eigenvalue weighted by molar-refractivity contribution is -0.132. The molecule has 0 aliphatic carbocycles. The number of carbonyl (C=O) groups is 3. The monoisotopic (exact) mass is 394 g/mol. The molecule has 2 aromatic rings. The third-order valence-electron chi connectivity index (χ3n) is 3.18. The van der Waals surface area contributed by atoms with Crippen LogP contribution < -0.4 is 20.9 Å². The molecule has 3 amide bonds. The molecule has 0 saturated heterocycles. The zero-order valence-corrected chi connectivity index (χ0v) is 14.9. The molecule has 0 bridgehead atoms. The minimum atomic E-state index is -0.944. The first-order chi connectivity index (χ1) is 12.8. The summed E-state index contributed by atoms with van der Waals surface area (Å²) in [5.74, 6) is -2.01. The van der Waals surface area contributed by atoms with Crippen LogP contribution in [0.4, 0.5) is 4.39 Å². The highest BCUT2D eigenvalue weighted by Gasteiger charge is 2.16. The predicted octanol–water partition coefficient (Wildman–Crippen LogP) is 1.22. The molecule has 1 aromatic carbocycles. The molecule has 3 N–H and O–H groups in total. The van der Waals surface area contributed by atoms with Gasteiger partial charge in [-0.05, 0) is 43.3 Å². The Kier molecular flexibility index (Phi) is 7.07. The van der Waals surface area contributed by atoms with Crippen LogP contribution in [0.3, 0.4) is 0 Å². The number of pyridine rings is 1. The van der Waals surface area contributed by atoms with Crippen molar-refractivity contribution < 1.29 is 23.5 Å². The number of rotatable bonds is 6. The van der Waals surface area contributed by atoms with Crippen LogP contribution in [0.5, 0.6) is 5.75 Å². The Balaban J connectivity index is 1.73. The van der Waals surface area contributed by atoms with Crippen molar-refractivity contribution in [3.05, 3.63) is 59.1 Å². The topological polar surface area (TPSA) is 109 Å². The largest absolute Gasteiger partial charge is 0.481 e. The molecule has 8 nitrogen and oxygen atoms in total. The van der Waals surface area contributed by atoms with Gasteiger partial charge in [0.1, 0.15) is 17.3 Å². The molecule has 0 aliphatic heterocycles. The average Bonchev–Trinajstić information content (AvgIpc) is 2.65. The van der Waals surface area contributed by atoms with Gasteiger partial charge in [-0.15, -0.1) is 0 Å². The van der Waals surface area contributed by atoms with E-state index in [-0.39, 0.29) is 12.2 Å². The Hall–Kier alpha value is -3.20. The fourth-order valence-electron chi connectivity index (χ4n) is 1.83. The number of hydrazine groups is 1. The van der Waals surface area contributed by atoms with E-state index >= 15 is 0 Å². The minimum Gasteiger partial charge on any atom is -0.481 e. The summed E-state index contributed by atoms with van der Waals surface area (Å²) in [7, 11) is 0. The van der Waals surface area contributed by atoms with Crippen molar-refractivity contribution in [2.75, 3.05) is 6.54 Å². The Labute approximate surface area is 159 Å². The summed E-state index contributed by atoms with van der Waals surface area (Å²) in [5.41, 5.74) is 4.35. The first-order valence-corrected chi connectivity index (χ1v) is 8.13. The van der Waals surface area contributed by atoms with Gasteiger partial charge in [0.25, 0.3) is 17.7 Å². The molecule has 0 fully saturated rings. The molecule has 0 spiro atoms. The highest BCUT2D eigenvalue weighted by molar-refractivity contribution is 6.30. The maximum atomic E-state index is 12.8. The number of nitrogens with one attached hydrogen (secondary N) is 3. The summed E-state index contributed by atoms with van der Waals surface area (Å²) in [6.45, 7) is 1.07. The third-order valence-corrected chi connectivity index (χ3v) is 3.42. The Morgan fingerprint density at radius 1 is 1.19 bits per heavy atom. The average molecular weight is 395 g/mol. The molecule has 1 aromatic heterocycles. The molecule has 1 atom stereocenters. The number of halogens is 2. The number of carbonyl (C=O) groups excluding carboxylic acids is 3. The lowest BCUT2D eigenvalue weighted by atomic mass is 10.3. The van der Waals surface area contributed by atoms with Crippen LogP contribution in [0.1, 0.15) is 17.4 Å². The van der Waals surface area contributed by atoms with E-state index in [1.807, 2.05) is 0 Å². The molecule has 10 heteroatoms. The van der Waals surface area contributed by atoms with Crippen molar-refractivity contribution in [2.24, 2.45) is 0 Å². The van der Waals surface area contributed by atoms with E-state index in [0.29, 0.717) is 10.8 Å². The minimum absolute atomic E-state index is 0.0562. The summed E-state index contributed by atoms with van der Waals surface area (Å²) < 4.78 is 18.1. The quantitative estimate of drug-likeness (QED) is 0.638. The maximum Gasteiger partial charge on any atom is 0.279 e. The van der Waals surface area contributed by atoms with Gasteiger partial charge in [-0.25, -0.2) is 4.39 Å². The highest BCUT2D eigenvalue weighted by Crippen LogP contribution is 2.12. The number of hydrogen-bond donors (Lipinski definition) is 3. The van der Waals surface area contributed by atoms with Crippen molar-refractivity contribution in [1.29, 1.82) is 0 Å². The van der Waals surface area contributed by atoms with Gasteiger partial charge in [-0.1, -0.05) is 11.6 Å². The molecule has 0 aliphatic rings. The fraction of sp³-hybridized carbons (Fsp3) is 0.176. The van der Waals surface area contributed by atoms with Gasteiger partial charge < -0.3 is 10.1 Å². The lowest BCUT2D eigenvalue weighted by Crippen LogP contribution is -2.50. The summed E-state index contributed by atoms with van der Waals surface area (Å²) in [6, 6.07) is 7.99. The maximum absolute atomic E-state index is 12.8. The first kappa shape index (κ1) is 20.1. The molecular weight excluding hydrogens is 379 g/mol. The second-order valence-corrected chi connectivity index (χ2v) is 5.73. The van der Waals surface area contributed by atoms with Gasteiger partial charge in [0.05, 0.1) is 6.54 Å². The molecule has 1 heterocycles. The Morgan fingerprint density at radius 2 is 1.89 bits per heavy atom. The smallest absolute Gasteiger partial charge is 0.279 e. The van der Waals surface area contributed by atoms with Crippen molar-refractivity contribution in [3.8, 4) is 5.75 Å². The number of aromatic nitrogens is 1. The van der Waals surface area contributed by atoms with E-state index in [4.69, 9.17) is 16.3 Å². The van der Waals surface area contributed by atoms with Crippen LogP contribution >= 0.6 is 11.6 Å². The molecule has 0 radical (unpaired) electrons. The van der Waals surface area contributed by atoms with Crippen LogP contribution in [0.25, 0.3) is 0 Å². The molecule has 27 heavy (non-hydrogen) atoms. The summed E-state index contributed by atoms with van der Waals surface area (Å²) >= 11 is 5.75. The van der Waals surface area contributed by atoms with Crippen molar-refractivity contribution >= 4 is 29.3 Å². The van der Waals surface area contributed by atoms with Gasteiger partial charge >= 0.3 is 0 Å². The third kappa shape index (κ3) is 6.55. The standard InChI is InChI=1S/C17H16ClFN4O4/c1-10(27-13-4-2-12(19)3-5-13)16(25)23-22-15(24)9-21-17(26)14-8-11(18)6-7-20-14/h2-8,10H,9H2,1H3,(H,21,26)(H,22,24)(H,23,25)/t10-/m0/s1. The second-order valence-electron chi connectivity index (χ2n) is 5.29. The highest BCUT2D eigenvalue weighted by atomic mass is 35.5. The van der Waals surface area contributed by atoms with Gasteiger partial charge in [0, 0.05) is 11.2 Å². The van der Waals surface area contributed by atoms with Gasteiger partial charge in [0.15, 0.2) is 6.10 Å². The lowest BCUT2D eigenvalue weighted by Gasteiger charge is -2.15. The molecule has 2 rings (SSSR count). The van der Waals surface area contributed by atoms with Crippen LogP contribution in [0.15, 0.2) is 42.6 Å². The van der Waals surface area contributed by atoms with E-state index in [0.717, 1.165) is 0 Å². The summed E-state index contributed by atoms with van der Waals surface area (Å²) in [4.78, 5) is 39.2. The molecular formula is C17H16ClFN4O4. The SMILES string of the molecule is C[C@H](Oc1ccc(F)cc1)C(=O)NNC(=O)CNC(=O)c1cc(Cl)ccn1. The summed E-state index contributed by atoms with van der Waals surface area (Å²) in [5, 5.41) is 2.67. The van der Waals surface area contributed by atoms with Crippen molar-refractivity contribution in [2.45, 2.75) is 13.0 Å². The van der Waals surface area contributed by atoms with Crippen LogP contribution in [-0.2, 0) is 9.59 Å². The van der Waals surface area contributed by atoms with E-state index < -0.39 is 29.6 Å². The number of amides is 3. The second kappa shape index (κ2) is 9.48. The Morgan fingerprint density at radius 3 is 2.56 bits per heavy atom. The number of ether oxygens (including phenoxy) is 1. The molecule has 0 unspecified atom stereocenters. The van der Waals surface area contributed by atoms with Crippen LogP contribution in [-0.4, -0.2) is 35.4 Å². The van der Waals surface area contributed by atoms with Crippen molar-refractivity contribution in [3.63, 3.8) is 0 Å². The van der Waals surface area contributed by atoms with E-state index in [2.05, 4.69) is 21.2 Å². The normalized spacial score (nSPS) is 11.2. The van der Waals surface area contributed by atoms with Crippen LogP contribution in [0, 0.1) is 5.82 Å². The van der Waals surface area contributed by atoms with Crippen LogP contribution in [0.2, 0.25) is 5.02 Å². The zero-order chi connectivity index (χ0) is 19.8. The summed E-state index contributed by atoms with van der Waals surface area (Å²) in [6.07, 6.45) is 0.418. The first-order valence-electron chi connectivity index (χ1n) is 7.76. The molecule has 0 saturated carbocycles. The Bertz CT molecular complexity index is 832. The number of nitrogens with zero attached hydrogens (tertiary/aromatic N) is 1. The van der Waals surface area contributed by atoms with E-state index in [1.54, 1.807) is 0 Å². The van der Waals surface area contributed by atoms with E-state index in [1.165, 1.54) is 49.5 Å². The fourth-order valence-corrected chi connectivity index (χ4v) is 1.99. The van der Waals surface area contributed by atoms with Gasteiger partial charge in [-0.3, -0.25) is 30.2 Å².